The van der Waals surface area contributed by atoms with Crippen molar-refractivity contribution in [3.8, 4) is 0 Å². The van der Waals surface area contributed by atoms with Crippen LogP contribution in [0.5, 0.6) is 0 Å². The summed E-state index contributed by atoms with van der Waals surface area (Å²) in [4.78, 5) is 6.12. The van der Waals surface area contributed by atoms with E-state index in [-0.39, 0.29) is 11.9 Å². The highest BCUT2D eigenvalue weighted by molar-refractivity contribution is 6.30. The van der Waals surface area contributed by atoms with Crippen molar-refractivity contribution < 1.29 is 5.21 Å². The van der Waals surface area contributed by atoms with Gasteiger partial charge in [0.1, 0.15) is 11.7 Å². The number of nitrogens with two attached hydrogens (primary N) is 1. The van der Waals surface area contributed by atoms with Crippen LogP contribution in [0.2, 0.25) is 5.02 Å². The van der Waals surface area contributed by atoms with Gasteiger partial charge in [-0.2, -0.15) is 0 Å². The molecule has 0 fully saturated rings. The zero-order valence-electron chi connectivity index (χ0n) is 9.26. The molecule has 3 N–H and O–H groups in total. The number of anilines is 1. The lowest BCUT2D eigenvalue weighted by atomic mass is 10.2. The lowest BCUT2D eigenvalue weighted by molar-refractivity contribution is 0.316. The molecule has 0 aromatic carbocycles. The topological polar surface area (TPSA) is 74.7 Å². The van der Waals surface area contributed by atoms with Gasteiger partial charge < -0.3 is 15.8 Å². The van der Waals surface area contributed by atoms with Crippen LogP contribution in [-0.4, -0.2) is 29.1 Å². The van der Waals surface area contributed by atoms with Crippen LogP contribution in [0.3, 0.4) is 0 Å². The number of pyridine rings is 1. The molecule has 0 amide bonds. The minimum Gasteiger partial charge on any atom is -0.409 e. The summed E-state index contributed by atoms with van der Waals surface area (Å²) in [6.07, 6.45) is 2.06. The van der Waals surface area contributed by atoms with Gasteiger partial charge >= 0.3 is 0 Å². The summed E-state index contributed by atoms with van der Waals surface area (Å²) in [5, 5.41) is 12.0. The zero-order chi connectivity index (χ0) is 12.1. The van der Waals surface area contributed by atoms with Crippen LogP contribution in [0.1, 0.15) is 13.3 Å². The first kappa shape index (κ1) is 12.6. The van der Waals surface area contributed by atoms with Crippen LogP contribution < -0.4 is 10.6 Å². The molecule has 0 aliphatic rings. The number of halogens is 1. The van der Waals surface area contributed by atoms with E-state index in [1.54, 1.807) is 12.3 Å². The second-order valence-corrected chi connectivity index (χ2v) is 4.03. The van der Waals surface area contributed by atoms with Gasteiger partial charge in [0.25, 0.3) is 0 Å². The van der Waals surface area contributed by atoms with Crippen LogP contribution in [0.25, 0.3) is 0 Å². The average molecular weight is 243 g/mol. The van der Waals surface area contributed by atoms with E-state index in [0.29, 0.717) is 11.4 Å². The number of hydrogen-bond acceptors (Lipinski definition) is 4. The fraction of sp³-hybridized carbons (Fsp3) is 0.400. The quantitative estimate of drug-likeness (QED) is 0.365. The predicted octanol–water partition coefficient (Wildman–Crippen LogP) is 1.70. The van der Waals surface area contributed by atoms with Crippen LogP contribution in [0.15, 0.2) is 23.5 Å². The first-order chi connectivity index (χ1) is 7.54. The molecular weight excluding hydrogens is 228 g/mol. The zero-order valence-corrected chi connectivity index (χ0v) is 10.0. The van der Waals surface area contributed by atoms with Gasteiger partial charge in [-0.25, -0.2) is 4.98 Å². The number of oxime groups is 1. The summed E-state index contributed by atoms with van der Waals surface area (Å²) in [5.74, 6) is 0.996. The van der Waals surface area contributed by atoms with Crippen molar-refractivity contribution in [1.29, 1.82) is 0 Å². The third-order valence-electron chi connectivity index (χ3n) is 2.37. The van der Waals surface area contributed by atoms with E-state index in [0.717, 1.165) is 5.82 Å². The van der Waals surface area contributed by atoms with Crippen molar-refractivity contribution in [3.05, 3.63) is 23.4 Å². The number of amidine groups is 1. The molecule has 1 aromatic rings. The molecule has 0 saturated heterocycles. The van der Waals surface area contributed by atoms with Gasteiger partial charge in [-0.3, -0.25) is 0 Å². The molecule has 16 heavy (non-hydrogen) atoms. The highest BCUT2D eigenvalue weighted by Gasteiger charge is 2.12. The Kier molecular flexibility index (Phi) is 4.37. The maximum Gasteiger partial charge on any atom is 0.141 e. The number of nitrogens with zero attached hydrogens (tertiary/aromatic N) is 3. The molecule has 5 nitrogen and oxygen atoms in total. The maximum absolute atomic E-state index is 8.48. The molecule has 0 radical (unpaired) electrons. The molecule has 1 aromatic heterocycles. The molecule has 1 heterocycles. The predicted molar refractivity (Wildman–Crippen MR) is 65.1 cm³/mol. The Bertz CT molecular complexity index is 366. The van der Waals surface area contributed by atoms with E-state index < -0.39 is 0 Å². The molecule has 6 heteroatoms. The van der Waals surface area contributed by atoms with Crippen molar-refractivity contribution in [2.24, 2.45) is 10.9 Å². The highest BCUT2D eigenvalue weighted by Crippen LogP contribution is 2.16. The van der Waals surface area contributed by atoms with E-state index in [2.05, 4.69) is 10.1 Å². The first-order valence-electron chi connectivity index (χ1n) is 4.85. The molecule has 0 saturated carbocycles. The molecule has 1 atom stereocenters. The molecule has 0 aliphatic carbocycles. The minimum absolute atomic E-state index is 0.0876. The Hall–Kier alpha value is -1.49. The first-order valence-corrected chi connectivity index (χ1v) is 5.23. The van der Waals surface area contributed by atoms with Gasteiger partial charge in [0.2, 0.25) is 0 Å². The van der Waals surface area contributed by atoms with E-state index in [9.17, 15) is 0 Å². The second kappa shape index (κ2) is 5.55. The highest BCUT2D eigenvalue weighted by atomic mass is 35.5. The molecular formula is C10H15ClN4O. The Labute approximate surface area is 99.5 Å². The summed E-state index contributed by atoms with van der Waals surface area (Å²) >= 11 is 5.75. The van der Waals surface area contributed by atoms with E-state index >= 15 is 0 Å². The smallest absolute Gasteiger partial charge is 0.141 e. The Morgan fingerprint density at radius 3 is 2.88 bits per heavy atom. The van der Waals surface area contributed by atoms with E-state index in [4.69, 9.17) is 22.5 Å². The van der Waals surface area contributed by atoms with Gasteiger partial charge in [-0.05, 0) is 19.1 Å². The summed E-state index contributed by atoms with van der Waals surface area (Å²) in [5.41, 5.74) is 5.45. The fourth-order valence-electron chi connectivity index (χ4n) is 1.28. The molecule has 0 aliphatic heterocycles. The summed E-state index contributed by atoms with van der Waals surface area (Å²) in [6.45, 7) is 1.97. The summed E-state index contributed by atoms with van der Waals surface area (Å²) in [7, 11) is 1.89. The molecule has 1 unspecified atom stereocenters. The second-order valence-electron chi connectivity index (χ2n) is 3.59. The molecule has 88 valence electrons. The summed E-state index contributed by atoms with van der Waals surface area (Å²) in [6, 6.07) is 3.69. The van der Waals surface area contributed by atoms with Gasteiger partial charge in [0.05, 0.1) is 5.02 Å². The SMILES string of the molecule is CC(CC(N)=NO)N(C)c1ccc(Cl)cn1. The van der Waals surface area contributed by atoms with Gasteiger partial charge in [-0.15, -0.1) is 0 Å². The molecule has 1 rings (SSSR count). The summed E-state index contributed by atoms with van der Waals surface area (Å²) < 4.78 is 0. The van der Waals surface area contributed by atoms with Gasteiger partial charge in [-0.1, -0.05) is 16.8 Å². The van der Waals surface area contributed by atoms with Gasteiger partial charge in [0, 0.05) is 25.7 Å². The van der Waals surface area contributed by atoms with Crippen LogP contribution >= 0.6 is 11.6 Å². The third kappa shape index (κ3) is 3.27. The largest absolute Gasteiger partial charge is 0.409 e. The normalized spacial score (nSPS) is 13.6. The Morgan fingerprint density at radius 2 is 2.38 bits per heavy atom. The lowest BCUT2D eigenvalue weighted by Gasteiger charge is -2.25. The Balaban J connectivity index is 2.70. The van der Waals surface area contributed by atoms with Crippen molar-refractivity contribution >= 4 is 23.3 Å². The van der Waals surface area contributed by atoms with E-state index in [1.807, 2.05) is 24.9 Å². The van der Waals surface area contributed by atoms with Gasteiger partial charge in [0.15, 0.2) is 0 Å². The molecule has 0 bridgehead atoms. The van der Waals surface area contributed by atoms with Crippen LogP contribution in [0, 0.1) is 0 Å². The Morgan fingerprint density at radius 1 is 1.69 bits per heavy atom. The van der Waals surface area contributed by atoms with Crippen molar-refractivity contribution in [2.45, 2.75) is 19.4 Å². The number of aromatic nitrogens is 1. The minimum atomic E-state index is 0.0876. The molecule has 0 spiro atoms. The van der Waals surface area contributed by atoms with E-state index in [1.165, 1.54) is 0 Å². The van der Waals surface area contributed by atoms with Crippen molar-refractivity contribution in [1.82, 2.24) is 4.98 Å². The number of rotatable bonds is 4. The number of hydrogen-bond donors (Lipinski definition) is 2. The third-order valence-corrected chi connectivity index (χ3v) is 2.59. The average Bonchev–Trinajstić information content (AvgIpc) is 2.28. The maximum atomic E-state index is 8.48. The van der Waals surface area contributed by atoms with Crippen LogP contribution in [0.4, 0.5) is 5.82 Å². The monoisotopic (exact) mass is 242 g/mol. The lowest BCUT2D eigenvalue weighted by Crippen LogP contribution is -2.33. The standard InChI is InChI=1S/C10H15ClN4O/c1-7(5-9(12)14-16)15(2)10-4-3-8(11)6-13-10/h3-4,6-7,16H,5H2,1-2H3,(H2,12,14). The van der Waals surface area contributed by atoms with Crippen molar-refractivity contribution in [3.63, 3.8) is 0 Å². The fourth-order valence-corrected chi connectivity index (χ4v) is 1.39. The van der Waals surface area contributed by atoms with Crippen LogP contribution in [-0.2, 0) is 0 Å². The van der Waals surface area contributed by atoms with Crippen molar-refractivity contribution in [2.75, 3.05) is 11.9 Å².